The van der Waals surface area contributed by atoms with E-state index in [-0.39, 0.29) is 5.41 Å². The molecule has 0 atom stereocenters. The maximum atomic E-state index is 12.2. The maximum absolute atomic E-state index is 12.2. The highest BCUT2D eigenvalue weighted by Crippen LogP contribution is 2.35. The number of hydrogen-bond acceptors (Lipinski definition) is 1. The molecule has 1 aliphatic rings. The fraction of sp³-hybridized carbons (Fsp3) is 0.938. The molecule has 0 aliphatic heterocycles. The van der Waals surface area contributed by atoms with Gasteiger partial charge in [-0.1, -0.05) is 53.4 Å². The Morgan fingerprint density at radius 2 is 1.65 bits per heavy atom. The first-order valence-corrected chi connectivity index (χ1v) is 7.49. The van der Waals surface area contributed by atoms with Crippen molar-refractivity contribution in [2.45, 2.75) is 79.1 Å². The molecule has 1 heteroatoms. The second kappa shape index (κ2) is 6.56. The molecule has 100 valence electrons. The first kappa shape index (κ1) is 14.7. The number of hydrogen-bond donors (Lipinski definition) is 0. The molecule has 0 N–H and O–H groups in total. The van der Waals surface area contributed by atoms with Crippen LogP contribution in [0.3, 0.4) is 0 Å². The van der Waals surface area contributed by atoms with Crippen LogP contribution in [0, 0.1) is 17.3 Å². The Kier molecular flexibility index (Phi) is 5.69. The minimum Gasteiger partial charge on any atom is -0.299 e. The van der Waals surface area contributed by atoms with E-state index in [2.05, 4.69) is 27.7 Å². The van der Waals surface area contributed by atoms with Crippen molar-refractivity contribution in [2.24, 2.45) is 17.3 Å². The van der Waals surface area contributed by atoms with Gasteiger partial charge in [0.05, 0.1) is 0 Å². The Balaban J connectivity index is 2.28. The van der Waals surface area contributed by atoms with Gasteiger partial charge in [-0.2, -0.15) is 0 Å². The zero-order valence-electron chi connectivity index (χ0n) is 12.2. The molecular weight excluding hydrogens is 208 g/mol. The van der Waals surface area contributed by atoms with Crippen LogP contribution in [0.15, 0.2) is 0 Å². The molecule has 1 aliphatic carbocycles. The van der Waals surface area contributed by atoms with E-state index >= 15 is 0 Å². The van der Waals surface area contributed by atoms with Gasteiger partial charge >= 0.3 is 0 Å². The topological polar surface area (TPSA) is 17.1 Å². The lowest BCUT2D eigenvalue weighted by molar-refractivity contribution is -0.131. The summed E-state index contributed by atoms with van der Waals surface area (Å²) in [6.07, 6.45) is 10.3. The van der Waals surface area contributed by atoms with Gasteiger partial charge in [-0.05, 0) is 31.6 Å². The highest BCUT2D eigenvalue weighted by atomic mass is 16.1. The zero-order chi connectivity index (χ0) is 12.9. The number of carbonyl (C=O) groups is 1. The van der Waals surface area contributed by atoms with Gasteiger partial charge in [0.2, 0.25) is 0 Å². The highest BCUT2D eigenvalue weighted by Gasteiger charge is 2.32. The first-order chi connectivity index (χ1) is 7.95. The van der Waals surface area contributed by atoms with E-state index < -0.39 is 0 Å². The third kappa shape index (κ3) is 4.81. The average molecular weight is 238 g/mol. The minimum atomic E-state index is -0.139. The fourth-order valence-corrected chi connectivity index (χ4v) is 3.01. The molecule has 0 aromatic carbocycles. The Morgan fingerprint density at radius 1 is 1.06 bits per heavy atom. The largest absolute Gasteiger partial charge is 0.299 e. The number of carbonyl (C=O) groups excluding carboxylic acids is 1. The molecule has 0 radical (unpaired) electrons. The molecule has 1 rings (SSSR count). The quantitative estimate of drug-likeness (QED) is 0.617. The number of rotatable bonds is 5. The molecule has 0 bridgehead atoms. The van der Waals surface area contributed by atoms with E-state index in [9.17, 15) is 4.79 Å². The Bertz CT molecular complexity index is 228. The van der Waals surface area contributed by atoms with E-state index in [1.165, 1.54) is 38.5 Å². The SMILES string of the molecule is CCCCCC1CCC(C(=O)C(C)(C)C)CC1. The third-order valence-electron chi connectivity index (χ3n) is 4.17. The van der Waals surface area contributed by atoms with Gasteiger partial charge in [0.15, 0.2) is 0 Å². The standard InChI is InChI=1S/C16H30O/c1-5-6-7-8-13-9-11-14(12-10-13)15(17)16(2,3)4/h13-14H,5-12H2,1-4H3. The minimum absolute atomic E-state index is 0.139. The van der Waals surface area contributed by atoms with Crippen molar-refractivity contribution in [3.8, 4) is 0 Å². The van der Waals surface area contributed by atoms with Crippen molar-refractivity contribution < 1.29 is 4.79 Å². The maximum Gasteiger partial charge on any atom is 0.141 e. The van der Waals surface area contributed by atoms with Crippen LogP contribution in [-0.2, 0) is 4.79 Å². The van der Waals surface area contributed by atoms with Crippen LogP contribution >= 0.6 is 0 Å². The molecule has 1 fully saturated rings. The van der Waals surface area contributed by atoms with Crippen molar-refractivity contribution in [3.63, 3.8) is 0 Å². The molecule has 17 heavy (non-hydrogen) atoms. The highest BCUT2D eigenvalue weighted by molar-refractivity contribution is 5.85. The van der Waals surface area contributed by atoms with Crippen LogP contribution in [0.1, 0.15) is 79.1 Å². The lowest BCUT2D eigenvalue weighted by Gasteiger charge is -2.31. The summed E-state index contributed by atoms with van der Waals surface area (Å²) >= 11 is 0. The summed E-state index contributed by atoms with van der Waals surface area (Å²) in [4.78, 5) is 12.2. The predicted octanol–water partition coefficient (Wildman–Crippen LogP) is 4.99. The van der Waals surface area contributed by atoms with Gasteiger partial charge < -0.3 is 0 Å². The number of ketones is 1. The zero-order valence-corrected chi connectivity index (χ0v) is 12.2. The summed E-state index contributed by atoms with van der Waals surface area (Å²) in [5.41, 5.74) is -0.139. The Labute approximate surface area is 107 Å². The average Bonchev–Trinajstić information content (AvgIpc) is 2.28. The van der Waals surface area contributed by atoms with Gasteiger partial charge in [0.1, 0.15) is 5.78 Å². The van der Waals surface area contributed by atoms with Crippen LogP contribution < -0.4 is 0 Å². The molecule has 0 spiro atoms. The smallest absolute Gasteiger partial charge is 0.141 e. The number of Topliss-reactive ketones (excluding diaryl/α,β-unsaturated/α-hetero) is 1. The lowest BCUT2D eigenvalue weighted by atomic mass is 9.73. The monoisotopic (exact) mass is 238 g/mol. The van der Waals surface area contributed by atoms with E-state index in [0.29, 0.717) is 11.7 Å². The lowest BCUT2D eigenvalue weighted by Crippen LogP contribution is -2.31. The predicted molar refractivity (Wildman–Crippen MR) is 74.1 cm³/mol. The van der Waals surface area contributed by atoms with Crippen molar-refractivity contribution in [3.05, 3.63) is 0 Å². The summed E-state index contributed by atoms with van der Waals surface area (Å²) in [5.74, 6) is 1.76. The van der Waals surface area contributed by atoms with Gasteiger partial charge in [0, 0.05) is 11.3 Å². The summed E-state index contributed by atoms with van der Waals surface area (Å²) in [5, 5.41) is 0. The van der Waals surface area contributed by atoms with Crippen molar-refractivity contribution in [2.75, 3.05) is 0 Å². The van der Waals surface area contributed by atoms with Gasteiger partial charge in [-0.3, -0.25) is 4.79 Å². The van der Waals surface area contributed by atoms with Crippen LogP contribution in [0.25, 0.3) is 0 Å². The molecule has 0 aromatic rings. The summed E-state index contributed by atoms with van der Waals surface area (Å²) in [7, 11) is 0. The van der Waals surface area contributed by atoms with Crippen molar-refractivity contribution in [1.29, 1.82) is 0 Å². The van der Waals surface area contributed by atoms with Crippen LogP contribution in [-0.4, -0.2) is 5.78 Å². The van der Waals surface area contributed by atoms with Crippen LogP contribution in [0.5, 0.6) is 0 Å². The van der Waals surface area contributed by atoms with E-state index in [0.717, 1.165) is 18.8 Å². The third-order valence-corrected chi connectivity index (χ3v) is 4.17. The molecular formula is C16H30O. The Hall–Kier alpha value is -0.330. The molecule has 0 heterocycles. The van der Waals surface area contributed by atoms with E-state index in [4.69, 9.17) is 0 Å². The fourth-order valence-electron chi connectivity index (χ4n) is 3.01. The summed E-state index contributed by atoms with van der Waals surface area (Å²) < 4.78 is 0. The number of unbranched alkanes of at least 4 members (excludes halogenated alkanes) is 2. The van der Waals surface area contributed by atoms with Crippen LogP contribution in [0.4, 0.5) is 0 Å². The summed E-state index contributed by atoms with van der Waals surface area (Å²) in [6.45, 7) is 8.44. The van der Waals surface area contributed by atoms with Crippen LogP contribution in [0.2, 0.25) is 0 Å². The first-order valence-electron chi connectivity index (χ1n) is 7.49. The molecule has 0 unspecified atom stereocenters. The van der Waals surface area contributed by atoms with Gasteiger partial charge in [-0.15, -0.1) is 0 Å². The molecule has 1 nitrogen and oxygen atoms in total. The van der Waals surface area contributed by atoms with Crippen molar-refractivity contribution >= 4 is 5.78 Å². The molecule has 0 amide bonds. The Morgan fingerprint density at radius 3 is 2.12 bits per heavy atom. The van der Waals surface area contributed by atoms with Gasteiger partial charge in [0.25, 0.3) is 0 Å². The molecule has 0 saturated heterocycles. The normalized spacial score (nSPS) is 25.9. The molecule has 1 saturated carbocycles. The second-order valence-electron chi connectivity index (χ2n) is 6.83. The van der Waals surface area contributed by atoms with Gasteiger partial charge in [-0.25, -0.2) is 0 Å². The summed E-state index contributed by atoms with van der Waals surface area (Å²) in [6, 6.07) is 0. The molecule has 0 aromatic heterocycles. The van der Waals surface area contributed by atoms with E-state index in [1.807, 2.05) is 0 Å². The van der Waals surface area contributed by atoms with E-state index in [1.54, 1.807) is 0 Å². The van der Waals surface area contributed by atoms with Crippen molar-refractivity contribution in [1.82, 2.24) is 0 Å². The second-order valence-corrected chi connectivity index (χ2v) is 6.83.